The summed E-state index contributed by atoms with van der Waals surface area (Å²) in [5.41, 5.74) is 5.98. The Morgan fingerprint density at radius 3 is 2.94 bits per heavy atom. The minimum absolute atomic E-state index is 0.286. The summed E-state index contributed by atoms with van der Waals surface area (Å²) >= 11 is 0. The normalized spacial score (nSPS) is 9.44. The zero-order valence-corrected chi connectivity index (χ0v) is 8.29. The minimum atomic E-state index is 0.286. The summed E-state index contributed by atoms with van der Waals surface area (Å²) in [5.74, 6) is 1.11. The van der Waals surface area contributed by atoms with Crippen molar-refractivity contribution in [1.82, 2.24) is 9.97 Å². The van der Waals surface area contributed by atoms with Crippen LogP contribution in [-0.2, 0) is 0 Å². The number of ether oxygens (including phenoxy) is 1. The van der Waals surface area contributed by atoms with Crippen LogP contribution in [0.3, 0.4) is 0 Å². The van der Waals surface area contributed by atoms with E-state index in [0.29, 0.717) is 17.2 Å². The molecule has 0 fully saturated rings. The maximum Gasteiger partial charge on any atom is 0.239 e. The van der Waals surface area contributed by atoms with Crippen molar-refractivity contribution in [3.05, 3.63) is 42.2 Å². The third-order valence-corrected chi connectivity index (χ3v) is 1.82. The Labute approximate surface area is 92.1 Å². The third kappa shape index (κ3) is 2.25. The Kier molecular flexibility index (Phi) is 2.65. The lowest BCUT2D eigenvalue weighted by molar-refractivity contribution is 0.461. The van der Waals surface area contributed by atoms with E-state index in [1.54, 1.807) is 24.3 Å². The molecular formula is C11H8N4O. The third-order valence-electron chi connectivity index (χ3n) is 1.82. The van der Waals surface area contributed by atoms with Gasteiger partial charge in [-0.3, -0.25) is 4.98 Å². The molecule has 5 nitrogen and oxygen atoms in total. The summed E-state index contributed by atoms with van der Waals surface area (Å²) in [6, 6.07) is 8.79. The summed E-state index contributed by atoms with van der Waals surface area (Å²) in [7, 11) is 0. The second kappa shape index (κ2) is 4.28. The van der Waals surface area contributed by atoms with E-state index in [-0.39, 0.29) is 5.82 Å². The van der Waals surface area contributed by atoms with Gasteiger partial charge in [0.15, 0.2) is 0 Å². The fraction of sp³-hybridized carbons (Fsp3) is 0. The van der Waals surface area contributed by atoms with Crippen LogP contribution < -0.4 is 10.5 Å². The smallest absolute Gasteiger partial charge is 0.239 e. The van der Waals surface area contributed by atoms with Gasteiger partial charge in [-0.15, -0.1) is 0 Å². The van der Waals surface area contributed by atoms with Crippen molar-refractivity contribution in [2.45, 2.75) is 0 Å². The van der Waals surface area contributed by atoms with Crippen LogP contribution >= 0.6 is 0 Å². The summed E-state index contributed by atoms with van der Waals surface area (Å²) < 4.78 is 5.40. The van der Waals surface area contributed by atoms with Gasteiger partial charge in [0.05, 0.1) is 24.0 Å². The average Bonchev–Trinajstić information content (AvgIpc) is 2.29. The standard InChI is InChI=1S/C11H8N4O/c12-5-8-2-1-3-9(4-8)16-11-7-14-6-10(13)15-11/h1-4,6-7H,(H2,13,15). The number of nitrogen functional groups attached to an aromatic ring is 1. The quantitative estimate of drug-likeness (QED) is 0.819. The van der Waals surface area contributed by atoms with Crippen LogP contribution in [0.5, 0.6) is 11.6 Å². The molecule has 0 aliphatic rings. The van der Waals surface area contributed by atoms with Crippen LogP contribution in [0.2, 0.25) is 0 Å². The van der Waals surface area contributed by atoms with Crippen LogP contribution in [0.4, 0.5) is 5.82 Å². The maximum atomic E-state index is 8.72. The predicted octanol–water partition coefficient (Wildman–Crippen LogP) is 1.72. The van der Waals surface area contributed by atoms with E-state index < -0.39 is 0 Å². The Hall–Kier alpha value is -2.61. The summed E-state index contributed by atoms with van der Waals surface area (Å²) in [6.07, 6.45) is 2.88. The molecule has 2 aromatic rings. The van der Waals surface area contributed by atoms with Gasteiger partial charge >= 0.3 is 0 Å². The molecule has 0 aliphatic heterocycles. The Morgan fingerprint density at radius 2 is 2.19 bits per heavy atom. The number of nitrogens with two attached hydrogens (primary N) is 1. The van der Waals surface area contributed by atoms with E-state index in [1.165, 1.54) is 12.4 Å². The Balaban J connectivity index is 2.24. The highest BCUT2D eigenvalue weighted by Gasteiger charge is 2.00. The number of hydrogen-bond donors (Lipinski definition) is 1. The zero-order valence-electron chi connectivity index (χ0n) is 8.29. The van der Waals surface area contributed by atoms with Crippen molar-refractivity contribution in [1.29, 1.82) is 5.26 Å². The number of benzene rings is 1. The number of rotatable bonds is 2. The number of nitrogens with zero attached hydrogens (tertiary/aromatic N) is 3. The fourth-order valence-electron chi connectivity index (χ4n) is 1.16. The molecule has 16 heavy (non-hydrogen) atoms. The minimum Gasteiger partial charge on any atom is -0.437 e. The van der Waals surface area contributed by atoms with Crippen LogP contribution in [0.1, 0.15) is 5.56 Å². The molecule has 2 N–H and O–H groups in total. The van der Waals surface area contributed by atoms with E-state index in [1.807, 2.05) is 6.07 Å². The molecule has 1 heterocycles. The van der Waals surface area contributed by atoms with Gasteiger partial charge in [-0.1, -0.05) is 6.07 Å². The van der Waals surface area contributed by atoms with E-state index in [0.717, 1.165) is 0 Å². The lowest BCUT2D eigenvalue weighted by atomic mass is 10.2. The van der Waals surface area contributed by atoms with E-state index >= 15 is 0 Å². The van der Waals surface area contributed by atoms with Gasteiger partial charge in [-0.2, -0.15) is 10.2 Å². The molecule has 0 radical (unpaired) electrons. The van der Waals surface area contributed by atoms with Gasteiger partial charge in [0.1, 0.15) is 11.6 Å². The first-order valence-corrected chi connectivity index (χ1v) is 4.53. The highest BCUT2D eigenvalue weighted by atomic mass is 16.5. The molecule has 5 heteroatoms. The van der Waals surface area contributed by atoms with Gasteiger partial charge < -0.3 is 10.5 Å². The molecule has 0 bridgehead atoms. The highest BCUT2D eigenvalue weighted by Crippen LogP contribution is 2.19. The highest BCUT2D eigenvalue weighted by molar-refractivity contribution is 5.38. The molecule has 1 aromatic carbocycles. The van der Waals surface area contributed by atoms with Crippen LogP contribution in [0.25, 0.3) is 0 Å². The monoisotopic (exact) mass is 212 g/mol. The maximum absolute atomic E-state index is 8.72. The molecule has 0 spiro atoms. The molecule has 0 amide bonds. The van der Waals surface area contributed by atoms with Gasteiger partial charge in [-0.25, -0.2) is 0 Å². The lowest BCUT2D eigenvalue weighted by Crippen LogP contribution is -1.94. The molecule has 2 rings (SSSR count). The topological polar surface area (TPSA) is 84.8 Å². The average molecular weight is 212 g/mol. The van der Waals surface area contributed by atoms with Crippen molar-refractivity contribution in [2.75, 3.05) is 5.73 Å². The number of hydrogen-bond acceptors (Lipinski definition) is 5. The molecule has 0 saturated carbocycles. The summed E-state index contributed by atoms with van der Waals surface area (Å²) in [5, 5.41) is 8.72. The zero-order chi connectivity index (χ0) is 11.4. The van der Waals surface area contributed by atoms with Gasteiger partial charge in [-0.05, 0) is 18.2 Å². The van der Waals surface area contributed by atoms with E-state index in [4.69, 9.17) is 15.7 Å². The largest absolute Gasteiger partial charge is 0.437 e. The fourth-order valence-corrected chi connectivity index (χ4v) is 1.16. The molecular weight excluding hydrogens is 204 g/mol. The van der Waals surface area contributed by atoms with Crippen LogP contribution in [0.15, 0.2) is 36.7 Å². The van der Waals surface area contributed by atoms with Crippen LogP contribution in [0, 0.1) is 11.3 Å². The summed E-state index contributed by atoms with van der Waals surface area (Å²) in [4.78, 5) is 7.78. The molecule has 0 saturated heterocycles. The SMILES string of the molecule is N#Cc1cccc(Oc2cncc(N)n2)c1. The van der Waals surface area contributed by atoms with Crippen molar-refractivity contribution >= 4 is 5.82 Å². The molecule has 0 atom stereocenters. The van der Waals surface area contributed by atoms with Gasteiger partial charge in [0.25, 0.3) is 0 Å². The number of nitriles is 1. The lowest BCUT2D eigenvalue weighted by Gasteiger charge is -2.04. The second-order valence-corrected chi connectivity index (χ2v) is 3.02. The van der Waals surface area contributed by atoms with Gasteiger partial charge in [0.2, 0.25) is 5.88 Å². The second-order valence-electron chi connectivity index (χ2n) is 3.02. The molecule has 0 aliphatic carbocycles. The molecule has 78 valence electrons. The van der Waals surface area contributed by atoms with Crippen molar-refractivity contribution in [2.24, 2.45) is 0 Å². The van der Waals surface area contributed by atoms with Crippen molar-refractivity contribution in [3.8, 4) is 17.7 Å². The van der Waals surface area contributed by atoms with E-state index in [2.05, 4.69) is 9.97 Å². The van der Waals surface area contributed by atoms with Gasteiger partial charge in [0, 0.05) is 0 Å². The van der Waals surface area contributed by atoms with Crippen LogP contribution in [-0.4, -0.2) is 9.97 Å². The first kappa shape index (κ1) is 9.93. The molecule has 0 unspecified atom stereocenters. The first-order valence-electron chi connectivity index (χ1n) is 4.53. The van der Waals surface area contributed by atoms with E-state index in [9.17, 15) is 0 Å². The van der Waals surface area contributed by atoms with Crippen molar-refractivity contribution in [3.63, 3.8) is 0 Å². The Bertz CT molecular complexity index is 548. The molecule has 1 aromatic heterocycles. The number of aromatic nitrogens is 2. The summed E-state index contributed by atoms with van der Waals surface area (Å²) in [6.45, 7) is 0. The number of anilines is 1. The van der Waals surface area contributed by atoms with Crippen molar-refractivity contribution < 1.29 is 4.74 Å². The predicted molar refractivity (Wildman–Crippen MR) is 57.7 cm³/mol. The first-order chi connectivity index (χ1) is 7.78. The Morgan fingerprint density at radius 1 is 1.31 bits per heavy atom.